The Kier molecular flexibility index (Phi) is 2.47. The molecule has 0 fully saturated rings. The van der Waals surface area contributed by atoms with Crippen LogP contribution in [0.2, 0.25) is 0 Å². The molecule has 0 amide bonds. The highest BCUT2D eigenvalue weighted by atomic mass is 32.1. The lowest BCUT2D eigenvalue weighted by Gasteiger charge is -2.06. The molecule has 0 unspecified atom stereocenters. The van der Waals surface area contributed by atoms with Gasteiger partial charge in [0.15, 0.2) is 4.80 Å². The van der Waals surface area contributed by atoms with Crippen LogP contribution >= 0.6 is 11.3 Å². The molecule has 0 aliphatic rings. The average molecular weight is 221 g/mol. The molecule has 15 heavy (non-hydrogen) atoms. The van der Waals surface area contributed by atoms with E-state index in [-0.39, 0.29) is 5.75 Å². The molecule has 2 aromatic rings. The van der Waals surface area contributed by atoms with Crippen molar-refractivity contribution < 1.29 is 5.11 Å². The summed E-state index contributed by atoms with van der Waals surface area (Å²) in [5.41, 5.74) is 6.97. The van der Waals surface area contributed by atoms with Crippen molar-refractivity contribution >= 4 is 17.0 Å². The molecule has 0 spiro atoms. The Bertz CT molecular complexity index is 529. The number of phenolic OH excluding ortho intramolecular Hbond substituents is 1. The first kappa shape index (κ1) is 9.79. The number of nitrogen functional groups attached to an aromatic ring is 1. The van der Waals surface area contributed by atoms with Crippen molar-refractivity contribution in [1.29, 1.82) is 5.41 Å². The third kappa shape index (κ3) is 2.02. The second-order valence-corrected chi connectivity index (χ2v) is 4.12. The number of nitrogens with two attached hydrogens (primary N) is 1. The Balaban J connectivity index is 2.36. The van der Waals surface area contributed by atoms with Crippen LogP contribution in [0.4, 0.5) is 5.69 Å². The maximum Gasteiger partial charge on any atom is 0.182 e. The molecule has 0 atom stereocenters. The van der Waals surface area contributed by atoms with E-state index in [0.29, 0.717) is 17.0 Å². The summed E-state index contributed by atoms with van der Waals surface area (Å²) < 4.78 is 1.75. The summed E-state index contributed by atoms with van der Waals surface area (Å²) in [6, 6.07) is 4.94. The Morgan fingerprint density at radius 2 is 2.27 bits per heavy atom. The van der Waals surface area contributed by atoms with Gasteiger partial charge in [-0.1, -0.05) is 0 Å². The molecule has 2 rings (SSSR count). The van der Waals surface area contributed by atoms with Crippen LogP contribution in [0.1, 0.15) is 5.56 Å². The molecule has 0 aliphatic heterocycles. The van der Waals surface area contributed by atoms with E-state index in [9.17, 15) is 5.11 Å². The second kappa shape index (κ2) is 3.78. The van der Waals surface area contributed by atoms with Crippen molar-refractivity contribution in [1.82, 2.24) is 4.57 Å². The molecule has 0 bridgehead atoms. The van der Waals surface area contributed by atoms with E-state index in [1.54, 1.807) is 22.8 Å². The number of anilines is 1. The van der Waals surface area contributed by atoms with Crippen molar-refractivity contribution in [2.45, 2.75) is 6.54 Å². The second-order valence-electron chi connectivity index (χ2n) is 3.22. The SMILES string of the molecule is N=c1sccn1Cc1cc(N)ccc1O. The van der Waals surface area contributed by atoms with Crippen LogP contribution in [0.25, 0.3) is 0 Å². The first-order valence-corrected chi connectivity index (χ1v) is 5.30. The van der Waals surface area contributed by atoms with Crippen molar-refractivity contribution in [2.75, 3.05) is 5.73 Å². The van der Waals surface area contributed by atoms with Gasteiger partial charge < -0.3 is 15.4 Å². The summed E-state index contributed by atoms with van der Waals surface area (Å²) in [6.07, 6.45) is 1.82. The minimum Gasteiger partial charge on any atom is -0.508 e. The number of phenols is 1. The monoisotopic (exact) mass is 221 g/mol. The van der Waals surface area contributed by atoms with Crippen molar-refractivity contribution in [3.63, 3.8) is 0 Å². The zero-order valence-corrected chi connectivity index (χ0v) is 8.79. The summed E-state index contributed by atoms with van der Waals surface area (Å²) in [4.78, 5) is 0.455. The fraction of sp³-hybridized carbons (Fsp3) is 0.100. The molecule has 0 saturated heterocycles. The smallest absolute Gasteiger partial charge is 0.182 e. The van der Waals surface area contributed by atoms with Gasteiger partial charge in [-0.15, -0.1) is 11.3 Å². The summed E-state index contributed by atoms with van der Waals surface area (Å²) in [5, 5.41) is 19.0. The number of hydrogen-bond acceptors (Lipinski definition) is 4. The zero-order chi connectivity index (χ0) is 10.8. The Hall–Kier alpha value is -1.75. The highest BCUT2D eigenvalue weighted by molar-refractivity contribution is 7.06. The number of aromatic nitrogens is 1. The number of benzene rings is 1. The minimum absolute atomic E-state index is 0.210. The van der Waals surface area contributed by atoms with Crippen LogP contribution < -0.4 is 10.5 Å². The first-order valence-electron chi connectivity index (χ1n) is 4.43. The number of aromatic hydroxyl groups is 1. The molecular formula is C10H11N3OS. The lowest BCUT2D eigenvalue weighted by atomic mass is 10.2. The van der Waals surface area contributed by atoms with Gasteiger partial charge in [0.2, 0.25) is 0 Å². The van der Waals surface area contributed by atoms with Crippen molar-refractivity contribution in [3.05, 3.63) is 40.1 Å². The Morgan fingerprint density at radius 1 is 1.47 bits per heavy atom. The van der Waals surface area contributed by atoms with Crippen molar-refractivity contribution in [3.8, 4) is 5.75 Å². The Labute approximate surface area is 90.7 Å². The molecule has 1 aromatic heterocycles. The lowest BCUT2D eigenvalue weighted by Crippen LogP contribution is -2.13. The maximum absolute atomic E-state index is 9.60. The molecular weight excluding hydrogens is 210 g/mol. The fourth-order valence-corrected chi connectivity index (χ4v) is 1.94. The lowest BCUT2D eigenvalue weighted by molar-refractivity contribution is 0.465. The maximum atomic E-state index is 9.60. The summed E-state index contributed by atoms with van der Waals surface area (Å²) in [6.45, 7) is 0.471. The topological polar surface area (TPSA) is 75.0 Å². The molecule has 78 valence electrons. The van der Waals surface area contributed by atoms with Gasteiger partial charge in [-0.2, -0.15) is 0 Å². The van der Waals surface area contributed by atoms with Crippen LogP contribution in [-0.4, -0.2) is 9.67 Å². The molecule has 1 heterocycles. The van der Waals surface area contributed by atoms with E-state index < -0.39 is 0 Å². The van der Waals surface area contributed by atoms with Gasteiger partial charge >= 0.3 is 0 Å². The standard InChI is InChI=1S/C10H11N3OS/c11-8-1-2-9(14)7(5-8)6-13-3-4-15-10(13)12/h1-5,12,14H,6,11H2. The minimum atomic E-state index is 0.210. The van der Waals surface area contributed by atoms with E-state index in [4.69, 9.17) is 11.1 Å². The average Bonchev–Trinajstić information content (AvgIpc) is 2.58. The number of rotatable bonds is 2. The van der Waals surface area contributed by atoms with Gasteiger partial charge in [0, 0.05) is 22.8 Å². The fourth-order valence-electron chi connectivity index (χ4n) is 1.34. The Morgan fingerprint density at radius 3 is 2.93 bits per heavy atom. The first-order chi connectivity index (χ1) is 7.16. The van der Waals surface area contributed by atoms with E-state index >= 15 is 0 Å². The van der Waals surface area contributed by atoms with E-state index in [2.05, 4.69) is 0 Å². The van der Waals surface area contributed by atoms with Gasteiger partial charge in [-0.3, -0.25) is 5.41 Å². The molecule has 4 nitrogen and oxygen atoms in total. The van der Waals surface area contributed by atoms with Gasteiger partial charge in [-0.25, -0.2) is 0 Å². The summed E-state index contributed by atoms with van der Waals surface area (Å²) in [7, 11) is 0. The van der Waals surface area contributed by atoms with Crippen LogP contribution in [0.3, 0.4) is 0 Å². The predicted molar refractivity (Wildman–Crippen MR) is 59.8 cm³/mol. The third-order valence-corrected chi connectivity index (χ3v) is 2.84. The molecule has 0 saturated carbocycles. The summed E-state index contributed by atoms with van der Waals surface area (Å²) >= 11 is 1.35. The third-order valence-electron chi connectivity index (χ3n) is 2.13. The largest absolute Gasteiger partial charge is 0.508 e. The number of thiazole rings is 1. The van der Waals surface area contributed by atoms with Crippen LogP contribution in [-0.2, 0) is 6.54 Å². The van der Waals surface area contributed by atoms with E-state index in [0.717, 1.165) is 5.56 Å². The van der Waals surface area contributed by atoms with E-state index in [1.165, 1.54) is 11.3 Å². The van der Waals surface area contributed by atoms with Gasteiger partial charge in [0.05, 0.1) is 6.54 Å². The van der Waals surface area contributed by atoms with Gasteiger partial charge in [0.25, 0.3) is 0 Å². The number of hydrogen-bond donors (Lipinski definition) is 3. The van der Waals surface area contributed by atoms with Crippen molar-refractivity contribution in [2.24, 2.45) is 0 Å². The normalized spacial score (nSPS) is 10.4. The highest BCUT2D eigenvalue weighted by Gasteiger charge is 2.03. The predicted octanol–water partition coefficient (Wildman–Crippen LogP) is 1.37. The van der Waals surface area contributed by atoms with Crippen LogP contribution in [0.15, 0.2) is 29.8 Å². The molecule has 0 aliphatic carbocycles. The molecule has 4 N–H and O–H groups in total. The van der Waals surface area contributed by atoms with Crippen LogP contribution in [0.5, 0.6) is 5.75 Å². The van der Waals surface area contributed by atoms with Gasteiger partial charge in [0.1, 0.15) is 5.75 Å². The van der Waals surface area contributed by atoms with Gasteiger partial charge in [-0.05, 0) is 18.2 Å². The van der Waals surface area contributed by atoms with E-state index in [1.807, 2.05) is 11.6 Å². The molecule has 0 radical (unpaired) electrons. The molecule has 1 aromatic carbocycles. The highest BCUT2D eigenvalue weighted by Crippen LogP contribution is 2.20. The number of nitrogens with one attached hydrogen (secondary N) is 1. The molecule has 5 heteroatoms. The quantitative estimate of drug-likeness (QED) is 0.529. The summed E-state index contributed by atoms with van der Waals surface area (Å²) in [5.74, 6) is 0.210. The zero-order valence-electron chi connectivity index (χ0n) is 7.97. The number of nitrogens with zero attached hydrogens (tertiary/aromatic N) is 1. The van der Waals surface area contributed by atoms with Crippen LogP contribution in [0, 0.1) is 5.41 Å².